The van der Waals surface area contributed by atoms with Crippen molar-refractivity contribution in [3.63, 3.8) is 0 Å². The predicted molar refractivity (Wildman–Crippen MR) is 73.1 cm³/mol. The lowest BCUT2D eigenvalue weighted by Gasteiger charge is -2.14. The van der Waals surface area contributed by atoms with Crippen LogP contribution in [-0.4, -0.2) is 9.11 Å². The molecule has 1 aliphatic carbocycles. The lowest BCUT2D eigenvalue weighted by Crippen LogP contribution is -2.12. The van der Waals surface area contributed by atoms with E-state index >= 15 is 0 Å². The Morgan fingerprint density at radius 3 is 2.27 bits per heavy atom. The van der Waals surface area contributed by atoms with E-state index in [9.17, 15) is 0 Å². The Morgan fingerprint density at radius 2 is 1.80 bits per heavy atom. The van der Waals surface area contributed by atoms with Crippen molar-refractivity contribution in [2.75, 3.05) is 5.88 Å². The summed E-state index contributed by atoms with van der Waals surface area (Å²) in [5.41, 5.74) is 1.63. The van der Waals surface area contributed by atoms with Crippen LogP contribution in [0.2, 0.25) is 0 Å². The van der Waals surface area contributed by atoms with Gasteiger partial charge in [-0.3, -0.25) is 0 Å². The van der Waals surface area contributed by atoms with E-state index in [0.29, 0.717) is 0 Å². The number of hydrogen-bond donors (Lipinski definition) is 0. The minimum atomic E-state index is 0.0868. The molecular formula is C12H13Br2Cl. The van der Waals surface area contributed by atoms with E-state index in [1.54, 1.807) is 0 Å². The summed E-state index contributed by atoms with van der Waals surface area (Å²) in [6.45, 7) is 0. The van der Waals surface area contributed by atoms with Crippen LogP contribution in [0.3, 0.4) is 0 Å². The molecule has 1 saturated carbocycles. The van der Waals surface area contributed by atoms with Gasteiger partial charge in [0.05, 0.1) is 3.23 Å². The molecule has 15 heavy (non-hydrogen) atoms. The fourth-order valence-electron chi connectivity index (χ4n) is 1.89. The van der Waals surface area contributed by atoms with Gasteiger partial charge in [0, 0.05) is 11.3 Å². The Hall–Kier alpha value is 0.470. The van der Waals surface area contributed by atoms with Gasteiger partial charge in [-0.15, -0.1) is 11.6 Å². The average Bonchev–Trinajstić information content (AvgIpc) is 2.80. The summed E-state index contributed by atoms with van der Waals surface area (Å²) in [7, 11) is 0. The number of aryl methyl sites for hydroxylation is 1. The molecule has 0 aromatic heterocycles. The van der Waals surface area contributed by atoms with Crippen LogP contribution in [0.4, 0.5) is 0 Å². The number of hydrogen-bond acceptors (Lipinski definition) is 0. The summed E-state index contributed by atoms with van der Waals surface area (Å²) in [6.07, 6.45) is 3.36. The third kappa shape index (κ3) is 2.42. The highest BCUT2D eigenvalue weighted by Crippen LogP contribution is 2.69. The first-order valence-corrected chi connectivity index (χ1v) is 7.19. The zero-order valence-electron chi connectivity index (χ0n) is 8.35. The van der Waals surface area contributed by atoms with Crippen LogP contribution in [0.25, 0.3) is 0 Å². The van der Waals surface area contributed by atoms with Crippen molar-refractivity contribution >= 4 is 43.5 Å². The quantitative estimate of drug-likeness (QED) is 0.687. The second-order valence-electron chi connectivity index (χ2n) is 4.28. The maximum atomic E-state index is 6.05. The van der Waals surface area contributed by atoms with Gasteiger partial charge in [0.25, 0.3) is 0 Å². The Bertz CT molecular complexity index is 337. The van der Waals surface area contributed by atoms with Crippen LogP contribution in [0, 0.1) is 5.41 Å². The van der Waals surface area contributed by atoms with Crippen LogP contribution in [-0.2, 0) is 6.42 Å². The van der Waals surface area contributed by atoms with Gasteiger partial charge >= 0.3 is 0 Å². The largest absolute Gasteiger partial charge is 0.126 e. The first-order valence-electron chi connectivity index (χ1n) is 5.07. The smallest absolute Gasteiger partial charge is 0.0880 e. The van der Waals surface area contributed by atoms with Crippen molar-refractivity contribution in [2.24, 2.45) is 5.41 Å². The van der Waals surface area contributed by atoms with Crippen molar-refractivity contribution < 1.29 is 0 Å². The van der Waals surface area contributed by atoms with Gasteiger partial charge in [0.2, 0.25) is 0 Å². The minimum Gasteiger partial charge on any atom is -0.126 e. The number of rotatable bonds is 4. The van der Waals surface area contributed by atoms with Crippen LogP contribution in [0.15, 0.2) is 30.3 Å². The standard InChI is InChI=1S/C12H13Br2Cl/c13-12(14)8-11(12,9-15)7-6-10-4-2-1-3-5-10/h1-5H,6-9H2. The van der Waals surface area contributed by atoms with Crippen LogP contribution < -0.4 is 0 Å². The third-order valence-corrected chi connectivity index (χ3v) is 5.96. The first-order chi connectivity index (χ1) is 7.10. The summed E-state index contributed by atoms with van der Waals surface area (Å²) < 4.78 is 0.0868. The van der Waals surface area contributed by atoms with Gasteiger partial charge in [0.1, 0.15) is 0 Å². The van der Waals surface area contributed by atoms with Crippen molar-refractivity contribution in [3.8, 4) is 0 Å². The molecule has 1 unspecified atom stereocenters. The molecule has 0 nitrogen and oxygen atoms in total. The fraction of sp³-hybridized carbons (Fsp3) is 0.500. The molecule has 1 aromatic carbocycles. The van der Waals surface area contributed by atoms with E-state index in [-0.39, 0.29) is 8.65 Å². The van der Waals surface area contributed by atoms with Gasteiger partial charge in [-0.1, -0.05) is 62.2 Å². The molecule has 0 aliphatic heterocycles. The highest BCUT2D eigenvalue weighted by molar-refractivity contribution is 9.25. The summed E-state index contributed by atoms with van der Waals surface area (Å²) in [5, 5.41) is 0. The molecule has 0 radical (unpaired) electrons. The Labute approximate surface area is 113 Å². The number of halogens is 3. The van der Waals surface area contributed by atoms with Crippen molar-refractivity contribution in [2.45, 2.75) is 22.5 Å². The minimum absolute atomic E-state index is 0.0868. The predicted octanol–water partition coefficient (Wildman–Crippen LogP) is 4.73. The second-order valence-corrected chi connectivity index (χ2v) is 8.32. The number of benzene rings is 1. The van der Waals surface area contributed by atoms with E-state index in [1.807, 2.05) is 0 Å². The van der Waals surface area contributed by atoms with Crippen molar-refractivity contribution in [3.05, 3.63) is 35.9 Å². The van der Waals surface area contributed by atoms with E-state index < -0.39 is 0 Å². The molecule has 0 spiro atoms. The normalized spacial score (nSPS) is 27.7. The maximum absolute atomic E-state index is 6.05. The van der Waals surface area contributed by atoms with Crippen LogP contribution in [0.5, 0.6) is 0 Å². The van der Waals surface area contributed by atoms with Crippen LogP contribution >= 0.6 is 43.5 Å². The van der Waals surface area contributed by atoms with Gasteiger partial charge in [-0.05, 0) is 24.8 Å². The Morgan fingerprint density at radius 1 is 1.20 bits per heavy atom. The third-order valence-electron chi connectivity index (χ3n) is 3.20. The lowest BCUT2D eigenvalue weighted by molar-refractivity contribution is 0.525. The molecule has 82 valence electrons. The topological polar surface area (TPSA) is 0 Å². The van der Waals surface area contributed by atoms with Crippen molar-refractivity contribution in [1.82, 2.24) is 0 Å². The molecule has 0 heterocycles. The highest BCUT2D eigenvalue weighted by atomic mass is 79.9. The molecule has 1 atom stereocenters. The van der Waals surface area contributed by atoms with E-state index in [0.717, 1.165) is 25.1 Å². The zero-order chi connectivity index (χ0) is 10.9. The lowest BCUT2D eigenvalue weighted by atomic mass is 9.99. The molecule has 0 N–H and O–H groups in total. The summed E-state index contributed by atoms with van der Waals surface area (Å²) in [4.78, 5) is 0. The zero-order valence-corrected chi connectivity index (χ0v) is 12.3. The average molecular weight is 352 g/mol. The van der Waals surface area contributed by atoms with Gasteiger partial charge < -0.3 is 0 Å². The SMILES string of the molecule is ClCC1(CCc2ccccc2)CC1(Br)Br. The molecule has 1 aromatic rings. The molecular weight excluding hydrogens is 339 g/mol. The number of alkyl halides is 3. The second kappa shape index (κ2) is 4.38. The molecule has 1 aliphatic rings. The molecule has 2 rings (SSSR count). The first kappa shape index (κ1) is 11.9. The Kier molecular flexibility index (Phi) is 3.49. The van der Waals surface area contributed by atoms with E-state index in [1.165, 1.54) is 5.56 Å². The summed E-state index contributed by atoms with van der Waals surface area (Å²) in [6, 6.07) is 10.6. The molecule has 0 amide bonds. The maximum Gasteiger partial charge on any atom is 0.0880 e. The molecule has 1 fully saturated rings. The summed E-state index contributed by atoms with van der Waals surface area (Å²) >= 11 is 13.4. The molecule has 0 bridgehead atoms. The monoisotopic (exact) mass is 350 g/mol. The molecule has 0 saturated heterocycles. The van der Waals surface area contributed by atoms with Crippen LogP contribution in [0.1, 0.15) is 18.4 Å². The van der Waals surface area contributed by atoms with Gasteiger partial charge in [-0.2, -0.15) is 0 Å². The van der Waals surface area contributed by atoms with Gasteiger partial charge in [-0.25, -0.2) is 0 Å². The van der Waals surface area contributed by atoms with Gasteiger partial charge in [0.15, 0.2) is 0 Å². The Balaban J connectivity index is 1.94. The summed E-state index contributed by atoms with van der Waals surface area (Å²) in [5.74, 6) is 0.719. The molecule has 3 heteroatoms. The fourth-order valence-corrected chi connectivity index (χ4v) is 4.42. The highest BCUT2D eigenvalue weighted by Gasteiger charge is 2.63. The van der Waals surface area contributed by atoms with E-state index in [2.05, 4.69) is 62.2 Å². The van der Waals surface area contributed by atoms with E-state index in [4.69, 9.17) is 11.6 Å². The van der Waals surface area contributed by atoms with Crippen molar-refractivity contribution in [1.29, 1.82) is 0 Å².